The number of rotatable bonds is 3. The molecule has 2 N–H and O–H groups in total. The lowest BCUT2D eigenvalue weighted by molar-refractivity contribution is -0.118. The summed E-state index contributed by atoms with van der Waals surface area (Å²) in [6.45, 7) is 9.55. The molecule has 0 aromatic heterocycles. The fraction of sp³-hybridized carbons (Fsp3) is 0.533. The van der Waals surface area contributed by atoms with Crippen LogP contribution in [0.2, 0.25) is 0 Å². The molecule has 0 bridgehead atoms. The lowest BCUT2D eigenvalue weighted by Crippen LogP contribution is -2.51. The molecule has 0 unspecified atom stereocenters. The van der Waals surface area contributed by atoms with E-state index in [1.54, 1.807) is 0 Å². The Labute approximate surface area is 127 Å². The number of carbonyl (C=O) groups is 1. The van der Waals surface area contributed by atoms with Gasteiger partial charge in [0.05, 0.1) is 6.54 Å². The monoisotopic (exact) mass is 297 g/mol. The van der Waals surface area contributed by atoms with Crippen molar-refractivity contribution in [3.05, 3.63) is 29.3 Å². The molecule has 1 fully saturated rings. The molecule has 1 amide bonds. The van der Waals surface area contributed by atoms with E-state index in [0.717, 1.165) is 25.3 Å². The summed E-state index contributed by atoms with van der Waals surface area (Å²) in [6, 6.07) is 6.53. The summed E-state index contributed by atoms with van der Waals surface area (Å²) in [4.78, 5) is 14.3. The van der Waals surface area contributed by atoms with Crippen molar-refractivity contribution in [1.82, 2.24) is 10.2 Å². The average molecular weight is 298 g/mol. The lowest BCUT2D eigenvalue weighted by Gasteiger charge is -2.33. The van der Waals surface area contributed by atoms with Crippen LogP contribution in [0.25, 0.3) is 0 Å². The fourth-order valence-electron chi connectivity index (χ4n) is 2.55. The second-order valence-corrected chi connectivity index (χ2v) is 5.45. The molecule has 1 aliphatic rings. The molecule has 5 heteroatoms. The number of hydrogen-bond acceptors (Lipinski definition) is 3. The van der Waals surface area contributed by atoms with Crippen LogP contribution in [0, 0.1) is 13.8 Å². The number of hydrogen-bond donors (Lipinski definition) is 2. The quantitative estimate of drug-likeness (QED) is 0.896. The molecule has 0 radical (unpaired) electrons. The molecule has 4 nitrogen and oxygen atoms in total. The molecule has 0 spiro atoms. The molecule has 112 valence electrons. The fourth-order valence-corrected chi connectivity index (χ4v) is 2.55. The molecule has 1 aromatic rings. The summed E-state index contributed by atoms with van der Waals surface area (Å²) in [5.74, 6) is 0.0683. The van der Waals surface area contributed by atoms with Gasteiger partial charge in [0.2, 0.25) is 5.91 Å². The van der Waals surface area contributed by atoms with Crippen molar-refractivity contribution < 1.29 is 4.79 Å². The minimum Gasteiger partial charge on any atom is -0.325 e. The van der Waals surface area contributed by atoms with Crippen LogP contribution in [0.3, 0.4) is 0 Å². The van der Waals surface area contributed by atoms with Gasteiger partial charge in [-0.2, -0.15) is 0 Å². The summed E-state index contributed by atoms with van der Waals surface area (Å²) in [6.07, 6.45) is 0. The Bertz CT molecular complexity index is 444. The SMILES string of the molecule is Cc1cc(C)cc(NC(=O)CN2CCNC[C@@H]2C)c1.Cl. The van der Waals surface area contributed by atoms with Gasteiger partial charge in [-0.3, -0.25) is 9.69 Å². The normalized spacial score (nSPS) is 19.2. The van der Waals surface area contributed by atoms with E-state index in [-0.39, 0.29) is 18.3 Å². The number of piperazine rings is 1. The van der Waals surface area contributed by atoms with E-state index >= 15 is 0 Å². The molecular weight excluding hydrogens is 274 g/mol. The Morgan fingerprint density at radius 2 is 2.00 bits per heavy atom. The summed E-state index contributed by atoms with van der Waals surface area (Å²) < 4.78 is 0. The first-order valence-corrected chi connectivity index (χ1v) is 6.87. The van der Waals surface area contributed by atoms with Gasteiger partial charge in [-0.15, -0.1) is 12.4 Å². The Morgan fingerprint density at radius 3 is 2.60 bits per heavy atom. The molecule has 1 saturated heterocycles. The van der Waals surface area contributed by atoms with Crippen LogP contribution in [0.5, 0.6) is 0 Å². The van der Waals surface area contributed by atoms with Gasteiger partial charge in [0.1, 0.15) is 0 Å². The van der Waals surface area contributed by atoms with Crippen LogP contribution in [0.15, 0.2) is 18.2 Å². The first-order valence-electron chi connectivity index (χ1n) is 6.87. The van der Waals surface area contributed by atoms with Gasteiger partial charge < -0.3 is 10.6 Å². The lowest BCUT2D eigenvalue weighted by atomic mass is 10.1. The molecule has 0 aliphatic carbocycles. The number of carbonyl (C=O) groups excluding carboxylic acids is 1. The number of nitrogens with one attached hydrogen (secondary N) is 2. The van der Waals surface area contributed by atoms with Crippen molar-refractivity contribution in [3.8, 4) is 0 Å². The highest BCUT2D eigenvalue weighted by Crippen LogP contribution is 2.14. The van der Waals surface area contributed by atoms with Crippen LogP contribution in [-0.4, -0.2) is 43.0 Å². The average Bonchev–Trinajstić information content (AvgIpc) is 2.30. The Kier molecular flexibility index (Phi) is 6.46. The second-order valence-electron chi connectivity index (χ2n) is 5.45. The molecule has 20 heavy (non-hydrogen) atoms. The zero-order valence-electron chi connectivity index (χ0n) is 12.4. The maximum Gasteiger partial charge on any atom is 0.238 e. The van der Waals surface area contributed by atoms with Crippen molar-refractivity contribution in [1.29, 1.82) is 0 Å². The van der Waals surface area contributed by atoms with Crippen molar-refractivity contribution in [2.45, 2.75) is 26.8 Å². The first kappa shape index (κ1) is 17.0. The van der Waals surface area contributed by atoms with Gasteiger partial charge in [-0.1, -0.05) is 6.07 Å². The molecule has 1 heterocycles. The van der Waals surface area contributed by atoms with E-state index in [1.165, 1.54) is 11.1 Å². The molecule has 2 rings (SSSR count). The zero-order valence-corrected chi connectivity index (χ0v) is 13.2. The topological polar surface area (TPSA) is 44.4 Å². The highest BCUT2D eigenvalue weighted by atomic mass is 35.5. The number of benzene rings is 1. The van der Waals surface area contributed by atoms with Crippen LogP contribution in [-0.2, 0) is 4.79 Å². The minimum absolute atomic E-state index is 0. The van der Waals surface area contributed by atoms with E-state index in [2.05, 4.69) is 28.5 Å². The van der Waals surface area contributed by atoms with Crippen LogP contribution in [0.4, 0.5) is 5.69 Å². The summed E-state index contributed by atoms with van der Waals surface area (Å²) in [7, 11) is 0. The van der Waals surface area contributed by atoms with E-state index in [1.807, 2.05) is 26.0 Å². The molecule has 1 atom stereocenters. The van der Waals surface area contributed by atoms with E-state index in [9.17, 15) is 4.79 Å². The largest absolute Gasteiger partial charge is 0.325 e. The number of halogens is 1. The standard InChI is InChI=1S/C15H23N3O.ClH/c1-11-6-12(2)8-14(7-11)17-15(19)10-18-5-4-16-9-13(18)3;/h6-8,13,16H,4-5,9-10H2,1-3H3,(H,17,19);1H/t13-;/m0./s1. The number of aryl methyl sites for hydroxylation is 2. The van der Waals surface area contributed by atoms with Gasteiger partial charge in [0.15, 0.2) is 0 Å². The van der Waals surface area contributed by atoms with Crippen molar-refractivity contribution in [2.75, 3.05) is 31.5 Å². The smallest absolute Gasteiger partial charge is 0.238 e. The van der Waals surface area contributed by atoms with Gasteiger partial charge in [0.25, 0.3) is 0 Å². The van der Waals surface area contributed by atoms with Gasteiger partial charge in [-0.05, 0) is 44.0 Å². The van der Waals surface area contributed by atoms with Crippen LogP contribution >= 0.6 is 12.4 Å². The molecular formula is C15H24ClN3O. The maximum absolute atomic E-state index is 12.1. The van der Waals surface area contributed by atoms with Crippen molar-refractivity contribution >= 4 is 24.0 Å². The summed E-state index contributed by atoms with van der Waals surface area (Å²) in [5, 5.41) is 6.32. The third kappa shape index (κ3) is 4.78. The van der Waals surface area contributed by atoms with Crippen molar-refractivity contribution in [3.63, 3.8) is 0 Å². The van der Waals surface area contributed by atoms with Crippen LogP contribution < -0.4 is 10.6 Å². The predicted octanol–water partition coefficient (Wildman–Crippen LogP) is 1.96. The summed E-state index contributed by atoms with van der Waals surface area (Å²) >= 11 is 0. The van der Waals surface area contributed by atoms with Crippen molar-refractivity contribution in [2.24, 2.45) is 0 Å². The second kappa shape index (κ2) is 7.62. The van der Waals surface area contributed by atoms with E-state index < -0.39 is 0 Å². The summed E-state index contributed by atoms with van der Waals surface area (Å²) in [5.41, 5.74) is 3.24. The zero-order chi connectivity index (χ0) is 13.8. The van der Waals surface area contributed by atoms with E-state index in [4.69, 9.17) is 0 Å². The third-order valence-electron chi connectivity index (χ3n) is 3.49. The maximum atomic E-state index is 12.1. The Balaban J connectivity index is 0.00000200. The van der Waals surface area contributed by atoms with Gasteiger partial charge >= 0.3 is 0 Å². The van der Waals surface area contributed by atoms with E-state index in [0.29, 0.717) is 12.6 Å². The Hall–Kier alpha value is -1.10. The number of anilines is 1. The number of amides is 1. The highest BCUT2D eigenvalue weighted by Gasteiger charge is 2.20. The molecule has 1 aromatic carbocycles. The number of nitrogens with zero attached hydrogens (tertiary/aromatic N) is 1. The van der Waals surface area contributed by atoms with Gasteiger partial charge in [0, 0.05) is 31.4 Å². The first-order chi connectivity index (χ1) is 9.04. The highest BCUT2D eigenvalue weighted by molar-refractivity contribution is 5.92. The Morgan fingerprint density at radius 1 is 1.35 bits per heavy atom. The predicted molar refractivity (Wildman–Crippen MR) is 85.7 cm³/mol. The minimum atomic E-state index is 0. The van der Waals surface area contributed by atoms with Gasteiger partial charge in [-0.25, -0.2) is 0 Å². The van der Waals surface area contributed by atoms with Crippen LogP contribution in [0.1, 0.15) is 18.1 Å². The molecule has 0 saturated carbocycles. The molecule has 1 aliphatic heterocycles. The third-order valence-corrected chi connectivity index (χ3v) is 3.49.